The predicted octanol–water partition coefficient (Wildman–Crippen LogP) is 3.11. The third-order valence-corrected chi connectivity index (χ3v) is 8.24. The lowest BCUT2D eigenvalue weighted by atomic mass is 10.0. The molecular formula is C38H46N6O11. The molecule has 4 aromatic rings. The molecule has 0 spiro atoms. The van der Waals surface area contributed by atoms with E-state index in [0.29, 0.717) is 22.5 Å². The van der Waals surface area contributed by atoms with Gasteiger partial charge in [0.2, 0.25) is 0 Å². The molecule has 0 radical (unpaired) electrons. The van der Waals surface area contributed by atoms with Crippen molar-refractivity contribution in [3.05, 3.63) is 125 Å². The lowest BCUT2D eigenvalue weighted by Crippen LogP contribution is -2.36. The van der Waals surface area contributed by atoms with Crippen LogP contribution in [0.1, 0.15) is 55.9 Å². The maximum absolute atomic E-state index is 13.9. The highest BCUT2D eigenvalue weighted by Crippen LogP contribution is 2.23. The summed E-state index contributed by atoms with van der Waals surface area (Å²) >= 11 is 0. The van der Waals surface area contributed by atoms with Gasteiger partial charge in [0.15, 0.2) is 6.10 Å². The SMILES string of the molecule is COC(=O)[C@H](CCc1ccccc1NC(=O)[C@H](CCc1ccccc1NC(=O)OC(C)(C)C)OCn1cc(C)c(=O)[nH]c1=O)OCn1cc(C)c(=O)[nH]c1=O. The average Bonchev–Trinajstić information content (AvgIpc) is 3.12. The second-order valence-electron chi connectivity index (χ2n) is 13.7. The lowest BCUT2D eigenvalue weighted by Gasteiger charge is -2.22. The zero-order valence-electron chi connectivity index (χ0n) is 31.6. The van der Waals surface area contributed by atoms with E-state index in [0.717, 1.165) is 9.13 Å². The van der Waals surface area contributed by atoms with E-state index in [9.17, 15) is 33.6 Å². The van der Waals surface area contributed by atoms with Crippen LogP contribution in [0.25, 0.3) is 0 Å². The molecule has 294 valence electrons. The summed E-state index contributed by atoms with van der Waals surface area (Å²) in [6.45, 7) is 7.62. The number of hydrogen-bond donors (Lipinski definition) is 4. The van der Waals surface area contributed by atoms with Crippen LogP contribution in [0, 0.1) is 13.8 Å². The van der Waals surface area contributed by atoms with Gasteiger partial charge in [-0.3, -0.25) is 38.8 Å². The molecule has 4 N–H and O–H groups in total. The molecular weight excluding hydrogens is 716 g/mol. The molecule has 0 fully saturated rings. The first kappa shape index (κ1) is 41.7. The minimum absolute atomic E-state index is 0.104. The number of esters is 1. The van der Waals surface area contributed by atoms with Gasteiger partial charge < -0.3 is 24.3 Å². The number of anilines is 2. The Kier molecular flexibility index (Phi) is 14.2. The highest BCUT2D eigenvalue weighted by Gasteiger charge is 2.25. The van der Waals surface area contributed by atoms with Gasteiger partial charge in [0.05, 0.1) is 7.11 Å². The number of aromatic nitrogens is 4. The van der Waals surface area contributed by atoms with Crippen LogP contribution < -0.4 is 33.1 Å². The number of nitrogens with zero attached hydrogens (tertiary/aromatic N) is 2. The smallest absolute Gasteiger partial charge is 0.412 e. The maximum atomic E-state index is 13.9. The number of benzene rings is 2. The Morgan fingerprint density at radius 3 is 1.65 bits per heavy atom. The molecule has 0 aliphatic carbocycles. The molecule has 0 aliphatic heterocycles. The molecule has 2 aromatic heterocycles. The summed E-state index contributed by atoms with van der Waals surface area (Å²) in [6, 6.07) is 14.0. The van der Waals surface area contributed by atoms with Gasteiger partial charge >= 0.3 is 23.4 Å². The number of aromatic amines is 2. The Bertz CT molecular complexity index is 2230. The number of hydrogen-bond acceptors (Lipinski definition) is 11. The average molecular weight is 763 g/mol. The minimum Gasteiger partial charge on any atom is -0.467 e. The molecule has 17 heteroatoms. The summed E-state index contributed by atoms with van der Waals surface area (Å²) < 4.78 is 24.3. The zero-order chi connectivity index (χ0) is 40.3. The van der Waals surface area contributed by atoms with E-state index < -0.39 is 58.3 Å². The predicted molar refractivity (Wildman–Crippen MR) is 202 cm³/mol. The molecule has 0 bridgehead atoms. The van der Waals surface area contributed by atoms with Crippen LogP contribution in [0.3, 0.4) is 0 Å². The van der Waals surface area contributed by atoms with Gasteiger partial charge in [-0.2, -0.15) is 0 Å². The van der Waals surface area contributed by atoms with E-state index >= 15 is 0 Å². The highest BCUT2D eigenvalue weighted by atomic mass is 16.6. The molecule has 0 aliphatic rings. The third kappa shape index (κ3) is 12.2. The van der Waals surface area contributed by atoms with Crippen molar-refractivity contribution in [2.45, 2.75) is 91.6 Å². The van der Waals surface area contributed by atoms with Crippen molar-refractivity contribution in [1.29, 1.82) is 0 Å². The van der Waals surface area contributed by atoms with Crippen molar-refractivity contribution in [2.24, 2.45) is 0 Å². The molecule has 55 heavy (non-hydrogen) atoms. The van der Waals surface area contributed by atoms with Crippen LogP contribution in [0.5, 0.6) is 0 Å². The van der Waals surface area contributed by atoms with E-state index in [4.69, 9.17) is 18.9 Å². The lowest BCUT2D eigenvalue weighted by molar-refractivity contribution is -0.157. The summed E-state index contributed by atoms with van der Waals surface area (Å²) in [5, 5.41) is 5.65. The first-order chi connectivity index (χ1) is 26.0. The molecule has 0 saturated heterocycles. The van der Waals surface area contributed by atoms with Gasteiger partial charge in [0.25, 0.3) is 17.0 Å². The van der Waals surface area contributed by atoms with E-state index in [1.54, 1.807) is 69.3 Å². The quantitative estimate of drug-likeness (QED) is 0.122. The molecule has 17 nitrogen and oxygen atoms in total. The second kappa shape index (κ2) is 18.8. The first-order valence-electron chi connectivity index (χ1n) is 17.4. The Morgan fingerprint density at radius 2 is 1.16 bits per heavy atom. The third-order valence-electron chi connectivity index (χ3n) is 8.24. The number of carbonyl (C=O) groups excluding carboxylic acids is 3. The largest absolute Gasteiger partial charge is 0.467 e. The van der Waals surface area contributed by atoms with Crippen LogP contribution in [-0.2, 0) is 54.8 Å². The van der Waals surface area contributed by atoms with Crippen molar-refractivity contribution in [3.63, 3.8) is 0 Å². The van der Waals surface area contributed by atoms with Crippen molar-refractivity contribution in [2.75, 3.05) is 17.7 Å². The number of amides is 2. The summed E-state index contributed by atoms with van der Waals surface area (Å²) in [6.07, 6.45) is 0.494. The summed E-state index contributed by atoms with van der Waals surface area (Å²) in [7, 11) is 1.21. The summed E-state index contributed by atoms with van der Waals surface area (Å²) in [5.41, 5.74) is -0.409. The van der Waals surface area contributed by atoms with Crippen LogP contribution >= 0.6 is 0 Å². The van der Waals surface area contributed by atoms with Gasteiger partial charge in [0, 0.05) is 34.9 Å². The number of ether oxygens (including phenoxy) is 4. The number of nitrogens with one attached hydrogen (secondary N) is 4. The van der Waals surface area contributed by atoms with Crippen LogP contribution in [0.2, 0.25) is 0 Å². The fourth-order valence-corrected chi connectivity index (χ4v) is 5.38. The Balaban J connectivity index is 1.53. The normalized spacial score (nSPS) is 12.4. The number of H-pyrrole nitrogens is 2. The molecule has 0 saturated carbocycles. The van der Waals surface area contributed by atoms with Crippen molar-refractivity contribution < 1.29 is 33.3 Å². The molecule has 2 heterocycles. The van der Waals surface area contributed by atoms with E-state index in [1.807, 2.05) is 0 Å². The summed E-state index contributed by atoms with van der Waals surface area (Å²) in [5.74, 6) is -1.23. The monoisotopic (exact) mass is 762 g/mol. The van der Waals surface area contributed by atoms with Crippen molar-refractivity contribution >= 4 is 29.3 Å². The van der Waals surface area contributed by atoms with Gasteiger partial charge in [-0.15, -0.1) is 0 Å². The van der Waals surface area contributed by atoms with Crippen molar-refractivity contribution in [3.8, 4) is 0 Å². The van der Waals surface area contributed by atoms with Crippen LogP contribution in [0.4, 0.5) is 16.2 Å². The van der Waals surface area contributed by atoms with E-state index in [1.165, 1.54) is 33.4 Å². The Hall–Kier alpha value is -6.07. The molecule has 0 unspecified atom stereocenters. The number of rotatable bonds is 16. The number of aryl methyl sites for hydroxylation is 4. The molecule has 2 atom stereocenters. The van der Waals surface area contributed by atoms with Gasteiger partial charge in [0.1, 0.15) is 25.2 Å². The number of para-hydroxylation sites is 2. The summed E-state index contributed by atoms with van der Waals surface area (Å²) in [4.78, 5) is 92.0. The maximum Gasteiger partial charge on any atom is 0.412 e. The van der Waals surface area contributed by atoms with Gasteiger partial charge in [-0.25, -0.2) is 19.2 Å². The van der Waals surface area contributed by atoms with E-state index in [-0.39, 0.29) is 50.3 Å². The Labute approximate surface area is 315 Å². The fraction of sp³-hybridized carbons (Fsp3) is 0.395. The van der Waals surface area contributed by atoms with E-state index in [2.05, 4.69) is 20.6 Å². The molecule has 2 aromatic carbocycles. The number of carbonyl (C=O) groups is 3. The topological polar surface area (TPSA) is 222 Å². The standard InChI is InChI=1S/C38H46N6O11/c1-23-19-43(35(49)41-31(23)45)21-53-29(17-15-26-12-8-10-14-28(26)40-37(51)55-38(3,4)5)33(47)39-27-13-9-7-11-25(27)16-18-30(34(48)52-6)54-22-44-20-24(2)32(46)42-36(44)50/h7-14,19-20,29-30H,15-18,21-22H2,1-6H3,(H,39,47)(H,40,51)(H,41,45,49)(H,42,46,50)/t29-,30-/m0/s1. The second-order valence-corrected chi connectivity index (χ2v) is 13.7. The highest BCUT2D eigenvalue weighted by molar-refractivity contribution is 5.95. The van der Waals surface area contributed by atoms with Crippen LogP contribution in [-0.4, -0.2) is 62.0 Å². The molecule has 4 rings (SSSR count). The fourth-order valence-electron chi connectivity index (χ4n) is 5.38. The zero-order valence-corrected chi connectivity index (χ0v) is 31.6. The van der Waals surface area contributed by atoms with Crippen LogP contribution in [0.15, 0.2) is 80.1 Å². The minimum atomic E-state index is -1.13. The van der Waals surface area contributed by atoms with Crippen molar-refractivity contribution in [1.82, 2.24) is 19.1 Å². The van der Waals surface area contributed by atoms with Gasteiger partial charge in [-0.1, -0.05) is 36.4 Å². The first-order valence-corrected chi connectivity index (χ1v) is 17.4. The van der Waals surface area contributed by atoms with Gasteiger partial charge in [-0.05, 0) is 83.6 Å². The molecule has 2 amide bonds. The number of methoxy groups -OCH3 is 1. The Morgan fingerprint density at radius 1 is 0.709 bits per heavy atom.